The van der Waals surface area contributed by atoms with E-state index in [0.29, 0.717) is 5.56 Å². The van der Waals surface area contributed by atoms with Crippen LogP contribution in [0.1, 0.15) is 57.6 Å². The Balaban J connectivity index is 2.15. The third-order valence-electron chi connectivity index (χ3n) is 4.32. The lowest BCUT2D eigenvalue weighted by Gasteiger charge is -2.26. The molecule has 1 aliphatic rings. The number of hydrogen-bond acceptors (Lipinski definition) is 2. The van der Waals surface area contributed by atoms with Crippen molar-refractivity contribution in [3.8, 4) is 0 Å². The molecule has 1 saturated heterocycles. The van der Waals surface area contributed by atoms with Crippen molar-refractivity contribution in [3.63, 3.8) is 0 Å². The largest absolute Gasteiger partial charge is 0.389 e. The van der Waals surface area contributed by atoms with Gasteiger partial charge in [-0.25, -0.2) is 4.39 Å². The van der Waals surface area contributed by atoms with Gasteiger partial charge in [0.05, 0.1) is 6.10 Å². The molecular formula is C17H26FNO. The van der Waals surface area contributed by atoms with Crippen LogP contribution < -0.4 is 4.90 Å². The minimum absolute atomic E-state index is 0.275. The molecule has 2 unspecified atom stereocenters. The van der Waals surface area contributed by atoms with Crippen molar-refractivity contribution in [2.75, 3.05) is 18.0 Å². The van der Waals surface area contributed by atoms with Crippen LogP contribution in [0.15, 0.2) is 18.2 Å². The maximum Gasteiger partial charge on any atom is 0.123 e. The molecule has 0 amide bonds. The highest BCUT2D eigenvalue weighted by atomic mass is 19.1. The van der Waals surface area contributed by atoms with Crippen LogP contribution in [0.25, 0.3) is 0 Å². The van der Waals surface area contributed by atoms with Crippen molar-refractivity contribution in [3.05, 3.63) is 29.6 Å². The molecule has 0 spiro atoms. The predicted octanol–water partition coefficient (Wildman–Crippen LogP) is 4.29. The van der Waals surface area contributed by atoms with Crippen LogP contribution in [0.4, 0.5) is 10.1 Å². The maximum absolute atomic E-state index is 13.4. The van der Waals surface area contributed by atoms with Gasteiger partial charge in [0.2, 0.25) is 0 Å². The van der Waals surface area contributed by atoms with Crippen molar-refractivity contribution >= 4 is 5.69 Å². The third-order valence-corrected chi connectivity index (χ3v) is 4.32. The van der Waals surface area contributed by atoms with E-state index in [4.69, 9.17) is 0 Å². The Morgan fingerprint density at radius 1 is 1.35 bits per heavy atom. The molecule has 1 aliphatic heterocycles. The molecule has 0 saturated carbocycles. The van der Waals surface area contributed by atoms with E-state index in [-0.39, 0.29) is 5.82 Å². The summed E-state index contributed by atoms with van der Waals surface area (Å²) in [6.07, 6.45) is 5.59. The van der Waals surface area contributed by atoms with Crippen molar-refractivity contribution in [2.24, 2.45) is 5.92 Å². The summed E-state index contributed by atoms with van der Waals surface area (Å²) in [6, 6.07) is 4.78. The van der Waals surface area contributed by atoms with E-state index < -0.39 is 6.10 Å². The highest BCUT2D eigenvalue weighted by Gasteiger charge is 2.20. The van der Waals surface area contributed by atoms with Gasteiger partial charge < -0.3 is 10.0 Å². The van der Waals surface area contributed by atoms with Crippen LogP contribution in [0.3, 0.4) is 0 Å². The van der Waals surface area contributed by atoms with Crippen LogP contribution in [0, 0.1) is 11.7 Å². The summed E-state index contributed by atoms with van der Waals surface area (Å²) in [7, 11) is 0. The van der Waals surface area contributed by atoms with Gasteiger partial charge in [0.15, 0.2) is 0 Å². The Kier molecular flexibility index (Phi) is 5.41. The van der Waals surface area contributed by atoms with Crippen LogP contribution in [-0.4, -0.2) is 18.2 Å². The first kappa shape index (κ1) is 15.3. The van der Waals surface area contributed by atoms with Gasteiger partial charge in [0.25, 0.3) is 0 Å². The Labute approximate surface area is 121 Å². The SMILES string of the molecule is CCCC1CCCN(c2ccc(F)cc2C(C)O)CC1. The zero-order chi connectivity index (χ0) is 14.5. The highest BCUT2D eigenvalue weighted by molar-refractivity contribution is 5.54. The molecule has 1 N–H and O–H groups in total. The van der Waals surface area contributed by atoms with E-state index in [1.807, 2.05) is 6.07 Å². The maximum atomic E-state index is 13.4. The fourth-order valence-electron chi connectivity index (χ4n) is 3.25. The second kappa shape index (κ2) is 7.07. The standard InChI is InChI=1S/C17H26FNO/c1-3-5-14-6-4-10-19(11-9-14)17-8-7-15(18)12-16(17)13(2)20/h7-8,12-14,20H,3-6,9-11H2,1-2H3. The Hall–Kier alpha value is -1.09. The molecule has 1 heterocycles. The lowest BCUT2D eigenvalue weighted by molar-refractivity contribution is 0.199. The number of aliphatic hydroxyl groups is 1. The Morgan fingerprint density at radius 2 is 2.15 bits per heavy atom. The molecule has 1 aromatic rings. The smallest absolute Gasteiger partial charge is 0.123 e. The van der Waals surface area contributed by atoms with Crippen molar-refractivity contribution < 1.29 is 9.50 Å². The lowest BCUT2D eigenvalue weighted by atomic mass is 9.96. The second-order valence-electron chi connectivity index (χ2n) is 5.95. The topological polar surface area (TPSA) is 23.5 Å². The summed E-state index contributed by atoms with van der Waals surface area (Å²) >= 11 is 0. The molecule has 0 radical (unpaired) electrons. The highest BCUT2D eigenvalue weighted by Crippen LogP contribution is 2.31. The van der Waals surface area contributed by atoms with Crippen molar-refractivity contribution in [1.29, 1.82) is 0 Å². The van der Waals surface area contributed by atoms with Gasteiger partial charge in [-0.3, -0.25) is 0 Å². The summed E-state index contributed by atoms with van der Waals surface area (Å²) < 4.78 is 13.4. The summed E-state index contributed by atoms with van der Waals surface area (Å²) in [5.74, 6) is 0.545. The average Bonchev–Trinajstić information content (AvgIpc) is 2.65. The third kappa shape index (κ3) is 3.72. The molecular weight excluding hydrogens is 253 g/mol. The summed E-state index contributed by atoms with van der Waals surface area (Å²) in [5.41, 5.74) is 1.71. The summed E-state index contributed by atoms with van der Waals surface area (Å²) in [5, 5.41) is 9.87. The van der Waals surface area contributed by atoms with Gasteiger partial charge in [0.1, 0.15) is 5.82 Å². The molecule has 20 heavy (non-hydrogen) atoms. The van der Waals surface area contributed by atoms with Crippen molar-refractivity contribution in [2.45, 2.75) is 52.1 Å². The quantitative estimate of drug-likeness (QED) is 0.889. The minimum Gasteiger partial charge on any atom is -0.389 e. The number of hydrogen-bond donors (Lipinski definition) is 1. The first-order chi connectivity index (χ1) is 9.61. The number of benzene rings is 1. The number of halogens is 1. The van der Waals surface area contributed by atoms with Crippen LogP contribution in [0.2, 0.25) is 0 Å². The van der Waals surface area contributed by atoms with E-state index >= 15 is 0 Å². The summed E-state index contributed by atoms with van der Waals surface area (Å²) in [6.45, 7) is 5.96. The molecule has 0 aliphatic carbocycles. The van der Waals surface area contributed by atoms with Crippen LogP contribution in [-0.2, 0) is 0 Å². The average molecular weight is 279 g/mol. The predicted molar refractivity (Wildman–Crippen MR) is 81.5 cm³/mol. The van der Waals surface area contributed by atoms with E-state index in [2.05, 4.69) is 11.8 Å². The Morgan fingerprint density at radius 3 is 2.85 bits per heavy atom. The normalized spacial score (nSPS) is 21.6. The first-order valence-corrected chi connectivity index (χ1v) is 7.84. The van der Waals surface area contributed by atoms with Gasteiger partial charge in [-0.2, -0.15) is 0 Å². The molecule has 2 nitrogen and oxygen atoms in total. The monoisotopic (exact) mass is 279 g/mol. The lowest BCUT2D eigenvalue weighted by Crippen LogP contribution is -2.25. The van der Waals surface area contributed by atoms with E-state index in [1.165, 1.54) is 44.2 Å². The fourth-order valence-corrected chi connectivity index (χ4v) is 3.25. The molecule has 1 aromatic carbocycles. The van der Waals surface area contributed by atoms with Crippen LogP contribution >= 0.6 is 0 Å². The zero-order valence-electron chi connectivity index (χ0n) is 12.6. The van der Waals surface area contributed by atoms with Gasteiger partial charge >= 0.3 is 0 Å². The van der Waals surface area contributed by atoms with E-state index in [0.717, 1.165) is 24.7 Å². The molecule has 3 heteroatoms. The van der Waals surface area contributed by atoms with Gasteiger partial charge in [0, 0.05) is 24.3 Å². The van der Waals surface area contributed by atoms with Crippen LogP contribution in [0.5, 0.6) is 0 Å². The zero-order valence-corrected chi connectivity index (χ0v) is 12.6. The molecule has 2 rings (SSSR count). The van der Waals surface area contributed by atoms with Crippen molar-refractivity contribution in [1.82, 2.24) is 0 Å². The Bertz CT molecular complexity index is 433. The van der Waals surface area contributed by atoms with Gasteiger partial charge in [-0.1, -0.05) is 19.8 Å². The molecule has 2 atom stereocenters. The van der Waals surface area contributed by atoms with Gasteiger partial charge in [-0.05, 0) is 50.3 Å². The molecule has 0 aromatic heterocycles. The number of aliphatic hydroxyl groups excluding tert-OH is 1. The van der Waals surface area contributed by atoms with E-state index in [1.54, 1.807) is 6.92 Å². The molecule has 1 fully saturated rings. The number of nitrogens with zero attached hydrogens (tertiary/aromatic N) is 1. The molecule has 0 bridgehead atoms. The summed E-state index contributed by atoms with van der Waals surface area (Å²) in [4.78, 5) is 2.32. The number of anilines is 1. The fraction of sp³-hybridized carbons (Fsp3) is 0.647. The number of rotatable bonds is 4. The second-order valence-corrected chi connectivity index (χ2v) is 5.95. The van der Waals surface area contributed by atoms with E-state index in [9.17, 15) is 9.50 Å². The van der Waals surface area contributed by atoms with Gasteiger partial charge in [-0.15, -0.1) is 0 Å². The molecule has 112 valence electrons. The first-order valence-electron chi connectivity index (χ1n) is 7.84. The minimum atomic E-state index is -0.629.